The Bertz CT molecular complexity index is 467. The number of carbonyl (C=O) groups is 1. The van der Waals surface area contributed by atoms with E-state index >= 15 is 0 Å². The van der Waals surface area contributed by atoms with Gasteiger partial charge in [0, 0.05) is 19.3 Å². The van der Waals surface area contributed by atoms with Crippen LogP contribution in [-0.2, 0) is 16.1 Å². The van der Waals surface area contributed by atoms with Crippen LogP contribution in [0.3, 0.4) is 0 Å². The monoisotopic (exact) mass is 278 g/mol. The largest absolute Gasteiger partial charge is 0.376 e. The lowest BCUT2D eigenvalue weighted by molar-refractivity contribution is -0.120. The topological polar surface area (TPSA) is 68.2 Å². The van der Waals surface area contributed by atoms with Crippen LogP contribution in [0, 0.1) is 11.8 Å². The lowest BCUT2D eigenvalue weighted by Crippen LogP contribution is -2.27. The molecule has 3 rings (SSSR count). The van der Waals surface area contributed by atoms with Crippen LogP contribution in [-0.4, -0.2) is 41.5 Å². The molecule has 3 heterocycles. The van der Waals surface area contributed by atoms with Gasteiger partial charge >= 0.3 is 0 Å². The van der Waals surface area contributed by atoms with Gasteiger partial charge in [-0.25, -0.2) is 0 Å². The Morgan fingerprint density at radius 2 is 2.50 bits per heavy atom. The SMILES string of the molecule is C[C@@H]1CNC[C@H]1C(=O)Nc1cnn(CC2CCCO2)c1. The van der Waals surface area contributed by atoms with Crippen LogP contribution in [0.15, 0.2) is 12.4 Å². The summed E-state index contributed by atoms with van der Waals surface area (Å²) in [7, 11) is 0. The van der Waals surface area contributed by atoms with Crippen molar-refractivity contribution < 1.29 is 9.53 Å². The van der Waals surface area contributed by atoms with Gasteiger partial charge in [0.2, 0.25) is 5.91 Å². The van der Waals surface area contributed by atoms with E-state index in [9.17, 15) is 4.79 Å². The zero-order chi connectivity index (χ0) is 13.9. The summed E-state index contributed by atoms with van der Waals surface area (Å²) in [6.07, 6.45) is 6.07. The molecule has 6 nitrogen and oxygen atoms in total. The summed E-state index contributed by atoms with van der Waals surface area (Å²) in [4.78, 5) is 12.2. The summed E-state index contributed by atoms with van der Waals surface area (Å²) in [5.74, 6) is 0.521. The maximum atomic E-state index is 12.2. The summed E-state index contributed by atoms with van der Waals surface area (Å²) in [6.45, 7) is 5.39. The van der Waals surface area contributed by atoms with Crippen molar-refractivity contribution in [2.24, 2.45) is 11.8 Å². The molecule has 2 saturated heterocycles. The summed E-state index contributed by atoms with van der Waals surface area (Å²) in [5.41, 5.74) is 0.770. The lowest BCUT2D eigenvalue weighted by Gasteiger charge is -2.13. The van der Waals surface area contributed by atoms with E-state index < -0.39 is 0 Å². The van der Waals surface area contributed by atoms with Crippen molar-refractivity contribution in [3.63, 3.8) is 0 Å². The molecule has 1 unspecified atom stereocenters. The van der Waals surface area contributed by atoms with Crippen molar-refractivity contribution >= 4 is 11.6 Å². The average Bonchev–Trinajstić information content (AvgIpc) is 3.12. The zero-order valence-electron chi connectivity index (χ0n) is 11.8. The molecule has 1 aromatic rings. The highest BCUT2D eigenvalue weighted by Gasteiger charge is 2.29. The van der Waals surface area contributed by atoms with Crippen LogP contribution in [0.2, 0.25) is 0 Å². The molecule has 20 heavy (non-hydrogen) atoms. The molecule has 3 atom stereocenters. The van der Waals surface area contributed by atoms with Crippen LogP contribution < -0.4 is 10.6 Å². The van der Waals surface area contributed by atoms with E-state index in [0.717, 1.165) is 44.8 Å². The normalized spacial score (nSPS) is 29.8. The number of anilines is 1. The molecule has 0 saturated carbocycles. The molecule has 2 fully saturated rings. The van der Waals surface area contributed by atoms with Crippen LogP contribution in [0.25, 0.3) is 0 Å². The van der Waals surface area contributed by atoms with Gasteiger partial charge in [0.15, 0.2) is 0 Å². The van der Waals surface area contributed by atoms with Crippen LogP contribution in [0.4, 0.5) is 5.69 Å². The Balaban J connectivity index is 1.55. The van der Waals surface area contributed by atoms with Crippen LogP contribution >= 0.6 is 0 Å². The first-order valence-electron chi connectivity index (χ1n) is 7.38. The van der Waals surface area contributed by atoms with Gasteiger partial charge < -0.3 is 15.4 Å². The van der Waals surface area contributed by atoms with E-state index in [-0.39, 0.29) is 17.9 Å². The molecular weight excluding hydrogens is 256 g/mol. The highest BCUT2D eigenvalue weighted by Crippen LogP contribution is 2.19. The smallest absolute Gasteiger partial charge is 0.229 e. The van der Waals surface area contributed by atoms with Gasteiger partial charge in [-0.05, 0) is 25.3 Å². The Morgan fingerprint density at radius 3 is 3.20 bits per heavy atom. The van der Waals surface area contributed by atoms with Gasteiger partial charge in [-0.1, -0.05) is 6.92 Å². The standard InChI is InChI=1S/C14H22N4O2/c1-10-5-15-7-13(10)14(19)17-11-6-16-18(8-11)9-12-3-2-4-20-12/h6,8,10,12-13,15H,2-5,7,9H2,1H3,(H,17,19)/t10-,12?,13-/m1/s1. The van der Waals surface area contributed by atoms with E-state index in [4.69, 9.17) is 4.74 Å². The Kier molecular flexibility index (Phi) is 4.03. The Labute approximate surface area is 118 Å². The molecule has 0 aromatic carbocycles. The molecule has 1 aromatic heterocycles. The highest BCUT2D eigenvalue weighted by atomic mass is 16.5. The van der Waals surface area contributed by atoms with Gasteiger partial charge in [-0.2, -0.15) is 5.10 Å². The number of nitrogens with one attached hydrogen (secondary N) is 2. The van der Waals surface area contributed by atoms with Crippen LogP contribution in [0.1, 0.15) is 19.8 Å². The fourth-order valence-corrected chi connectivity index (χ4v) is 2.92. The maximum Gasteiger partial charge on any atom is 0.229 e. The Hall–Kier alpha value is -1.40. The van der Waals surface area contributed by atoms with E-state index in [1.54, 1.807) is 6.20 Å². The molecule has 110 valence electrons. The Morgan fingerprint density at radius 1 is 1.60 bits per heavy atom. The minimum atomic E-state index is 0.0523. The average molecular weight is 278 g/mol. The number of hydrogen-bond donors (Lipinski definition) is 2. The predicted octanol–water partition coefficient (Wildman–Crippen LogP) is 0.856. The first-order chi connectivity index (χ1) is 9.72. The lowest BCUT2D eigenvalue weighted by atomic mass is 9.97. The summed E-state index contributed by atoms with van der Waals surface area (Å²) >= 11 is 0. The number of ether oxygens (including phenoxy) is 1. The van der Waals surface area contributed by atoms with Crippen molar-refractivity contribution in [2.75, 3.05) is 25.0 Å². The first-order valence-corrected chi connectivity index (χ1v) is 7.38. The third-order valence-corrected chi connectivity index (χ3v) is 4.17. The quantitative estimate of drug-likeness (QED) is 0.857. The molecule has 0 aliphatic carbocycles. The van der Waals surface area contributed by atoms with Crippen molar-refractivity contribution in [1.29, 1.82) is 0 Å². The van der Waals surface area contributed by atoms with Gasteiger partial charge in [0.1, 0.15) is 0 Å². The predicted molar refractivity (Wildman–Crippen MR) is 75.4 cm³/mol. The maximum absolute atomic E-state index is 12.2. The minimum Gasteiger partial charge on any atom is -0.376 e. The van der Waals surface area contributed by atoms with Crippen molar-refractivity contribution in [3.8, 4) is 0 Å². The van der Waals surface area contributed by atoms with Crippen molar-refractivity contribution in [1.82, 2.24) is 15.1 Å². The first kappa shape index (κ1) is 13.6. The van der Waals surface area contributed by atoms with Crippen molar-refractivity contribution in [2.45, 2.75) is 32.4 Å². The van der Waals surface area contributed by atoms with E-state index in [1.165, 1.54) is 0 Å². The summed E-state index contributed by atoms with van der Waals surface area (Å²) in [5, 5.41) is 10.5. The molecule has 0 bridgehead atoms. The molecule has 0 spiro atoms. The number of nitrogens with zero attached hydrogens (tertiary/aromatic N) is 2. The second-order valence-corrected chi connectivity index (χ2v) is 5.82. The van der Waals surface area contributed by atoms with Crippen LogP contribution in [0.5, 0.6) is 0 Å². The third-order valence-electron chi connectivity index (χ3n) is 4.17. The molecule has 1 amide bonds. The van der Waals surface area contributed by atoms with E-state index in [1.807, 2.05) is 10.9 Å². The molecule has 2 aliphatic heterocycles. The van der Waals surface area contributed by atoms with E-state index in [2.05, 4.69) is 22.7 Å². The van der Waals surface area contributed by atoms with Gasteiger partial charge in [-0.3, -0.25) is 9.48 Å². The zero-order valence-corrected chi connectivity index (χ0v) is 11.8. The second-order valence-electron chi connectivity index (χ2n) is 5.82. The number of hydrogen-bond acceptors (Lipinski definition) is 4. The van der Waals surface area contributed by atoms with Gasteiger partial charge in [0.05, 0.1) is 30.5 Å². The molecule has 2 N–H and O–H groups in total. The molecular formula is C14H22N4O2. The van der Waals surface area contributed by atoms with Gasteiger partial charge in [0.25, 0.3) is 0 Å². The summed E-state index contributed by atoms with van der Waals surface area (Å²) in [6, 6.07) is 0. The number of aromatic nitrogens is 2. The summed E-state index contributed by atoms with van der Waals surface area (Å²) < 4.78 is 7.44. The van der Waals surface area contributed by atoms with Gasteiger partial charge in [-0.15, -0.1) is 0 Å². The molecule has 6 heteroatoms. The third kappa shape index (κ3) is 3.02. The number of amides is 1. The molecule has 0 radical (unpaired) electrons. The van der Waals surface area contributed by atoms with E-state index in [0.29, 0.717) is 5.92 Å². The number of carbonyl (C=O) groups excluding carboxylic acids is 1. The minimum absolute atomic E-state index is 0.0523. The highest BCUT2D eigenvalue weighted by molar-refractivity contribution is 5.92. The fraction of sp³-hybridized carbons (Fsp3) is 0.714. The van der Waals surface area contributed by atoms with Crippen molar-refractivity contribution in [3.05, 3.63) is 12.4 Å². The fourth-order valence-electron chi connectivity index (χ4n) is 2.92. The molecule has 2 aliphatic rings. The second kappa shape index (κ2) is 5.93. The number of rotatable bonds is 4.